The molecule has 5 heteroatoms. The first kappa shape index (κ1) is 9.18. The molecular formula is C9H8ClN3O. The van der Waals surface area contributed by atoms with E-state index in [4.69, 9.17) is 16.7 Å². The van der Waals surface area contributed by atoms with Crippen LogP contribution in [0, 0.1) is 0 Å². The second-order valence-electron chi connectivity index (χ2n) is 2.75. The van der Waals surface area contributed by atoms with Gasteiger partial charge >= 0.3 is 0 Å². The van der Waals surface area contributed by atoms with Crippen molar-refractivity contribution in [2.24, 2.45) is 0 Å². The van der Waals surface area contributed by atoms with E-state index in [2.05, 4.69) is 10.1 Å². The zero-order valence-corrected chi connectivity index (χ0v) is 8.02. The smallest absolute Gasteiger partial charge is 0.138 e. The maximum absolute atomic E-state index is 9.12. The summed E-state index contributed by atoms with van der Waals surface area (Å²) in [5.74, 6) is 0. The van der Waals surface area contributed by atoms with Crippen molar-refractivity contribution in [2.75, 3.05) is 0 Å². The van der Waals surface area contributed by atoms with E-state index in [1.54, 1.807) is 24.5 Å². The average molecular weight is 210 g/mol. The van der Waals surface area contributed by atoms with Gasteiger partial charge in [-0.3, -0.25) is 0 Å². The Labute approximate surface area is 85.8 Å². The minimum Gasteiger partial charge on any atom is -0.392 e. The van der Waals surface area contributed by atoms with Gasteiger partial charge in [0.1, 0.15) is 12.7 Å². The van der Waals surface area contributed by atoms with E-state index in [1.165, 1.54) is 11.0 Å². The highest BCUT2D eigenvalue weighted by atomic mass is 35.5. The van der Waals surface area contributed by atoms with E-state index >= 15 is 0 Å². The molecule has 0 aliphatic rings. The SMILES string of the molecule is OCc1cccc(Cl)c1-n1cncn1. The highest BCUT2D eigenvalue weighted by Crippen LogP contribution is 2.23. The predicted molar refractivity (Wildman–Crippen MR) is 52.3 cm³/mol. The van der Waals surface area contributed by atoms with Crippen molar-refractivity contribution in [3.8, 4) is 5.69 Å². The number of halogens is 1. The van der Waals surface area contributed by atoms with Crippen LogP contribution in [0.5, 0.6) is 0 Å². The van der Waals surface area contributed by atoms with E-state index in [9.17, 15) is 0 Å². The summed E-state index contributed by atoms with van der Waals surface area (Å²) in [4.78, 5) is 3.83. The second kappa shape index (κ2) is 3.77. The Morgan fingerprint density at radius 2 is 2.29 bits per heavy atom. The summed E-state index contributed by atoms with van der Waals surface area (Å²) in [7, 11) is 0. The topological polar surface area (TPSA) is 50.9 Å². The van der Waals surface area contributed by atoms with Crippen molar-refractivity contribution in [1.82, 2.24) is 14.8 Å². The molecule has 2 aromatic rings. The zero-order valence-electron chi connectivity index (χ0n) is 7.26. The van der Waals surface area contributed by atoms with E-state index in [0.29, 0.717) is 10.7 Å². The van der Waals surface area contributed by atoms with Crippen molar-refractivity contribution in [3.63, 3.8) is 0 Å². The molecule has 0 unspecified atom stereocenters. The number of aliphatic hydroxyl groups is 1. The maximum Gasteiger partial charge on any atom is 0.138 e. The van der Waals surface area contributed by atoms with Crippen LogP contribution in [0.25, 0.3) is 5.69 Å². The van der Waals surface area contributed by atoms with Crippen LogP contribution in [0.15, 0.2) is 30.9 Å². The van der Waals surface area contributed by atoms with E-state index in [1.807, 2.05) is 0 Å². The molecule has 1 heterocycles. The third-order valence-electron chi connectivity index (χ3n) is 1.89. The largest absolute Gasteiger partial charge is 0.392 e. The summed E-state index contributed by atoms with van der Waals surface area (Å²) >= 11 is 6.00. The summed E-state index contributed by atoms with van der Waals surface area (Å²) in [6, 6.07) is 5.33. The molecule has 0 spiro atoms. The highest BCUT2D eigenvalue weighted by molar-refractivity contribution is 6.32. The highest BCUT2D eigenvalue weighted by Gasteiger charge is 2.08. The number of nitrogens with zero attached hydrogens (tertiary/aromatic N) is 3. The zero-order chi connectivity index (χ0) is 9.97. The fourth-order valence-electron chi connectivity index (χ4n) is 1.27. The summed E-state index contributed by atoms with van der Waals surface area (Å²) in [6.45, 7) is -0.0737. The third-order valence-corrected chi connectivity index (χ3v) is 2.19. The summed E-state index contributed by atoms with van der Waals surface area (Å²) in [5, 5.41) is 13.6. The van der Waals surface area contributed by atoms with Gasteiger partial charge in [-0.2, -0.15) is 5.10 Å². The molecule has 0 bridgehead atoms. The number of rotatable bonds is 2. The van der Waals surface area contributed by atoms with Gasteiger partial charge in [0.25, 0.3) is 0 Å². The molecule has 14 heavy (non-hydrogen) atoms. The van der Waals surface area contributed by atoms with E-state index in [0.717, 1.165) is 5.56 Å². The molecule has 1 aromatic carbocycles. The number of benzene rings is 1. The van der Waals surface area contributed by atoms with Gasteiger partial charge in [-0.15, -0.1) is 0 Å². The molecule has 0 fully saturated rings. The van der Waals surface area contributed by atoms with Gasteiger partial charge in [0.05, 0.1) is 17.3 Å². The lowest BCUT2D eigenvalue weighted by Gasteiger charge is -2.08. The second-order valence-corrected chi connectivity index (χ2v) is 3.15. The van der Waals surface area contributed by atoms with Gasteiger partial charge in [0.15, 0.2) is 0 Å². The minimum absolute atomic E-state index is 0.0737. The van der Waals surface area contributed by atoms with Gasteiger partial charge < -0.3 is 5.11 Å². The molecule has 2 rings (SSSR count). The van der Waals surface area contributed by atoms with Gasteiger partial charge in [0, 0.05) is 5.56 Å². The van der Waals surface area contributed by atoms with E-state index < -0.39 is 0 Å². The predicted octanol–water partition coefficient (Wildman–Crippen LogP) is 1.41. The lowest BCUT2D eigenvalue weighted by molar-refractivity contribution is 0.281. The number of aliphatic hydroxyl groups excluding tert-OH is 1. The molecule has 0 aliphatic heterocycles. The van der Waals surface area contributed by atoms with Crippen LogP contribution in [-0.2, 0) is 6.61 Å². The standard InChI is InChI=1S/C9H8ClN3O/c10-8-3-1-2-7(4-14)9(8)13-6-11-5-12-13/h1-3,5-6,14H,4H2. The molecule has 0 amide bonds. The monoisotopic (exact) mass is 209 g/mol. The van der Waals surface area contributed by atoms with Crippen molar-refractivity contribution in [1.29, 1.82) is 0 Å². The normalized spacial score (nSPS) is 10.4. The Morgan fingerprint density at radius 3 is 2.93 bits per heavy atom. The van der Waals surface area contributed by atoms with Crippen LogP contribution in [-0.4, -0.2) is 19.9 Å². The lowest BCUT2D eigenvalue weighted by Crippen LogP contribution is -2.01. The van der Waals surface area contributed by atoms with Crippen molar-refractivity contribution < 1.29 is 5.11 Å². The molecule has 0 radical (unpaired) electrons. The van der Waals surface area contributed by atoms with Crippen LogP contribution in [0.3, 0.4) is 0 Å². The number of hydrogen-bond donors (Lipinski definition) is 1. The molecule has 1 N–H and O–H groups in total. The number of aromatic nitrogens is 3. The summed E-state index contributed by atoms with van der Waals surface area (Å²) < 4.78 is 1.54. The van der Waals surface area contributed by atoms with Gasteiger partial charge in [0.2, 0.25) is 0 Å². The Bertz CT molecular complexity index is 428. The first-order valence-corrected chi connectivity index (χ1v) is 4.44. The Kier molecular flexibility index (Phi) is 2.47. The van der Waals surface area contributed by atoms with Crippen LogP contribution in [0.1, 0.15) is 5.56 Å². The maximum atomic E-state index is 9.12. The molecule has 0 atom stereocenters. The van der Waals surface area contributed by atoms with Crippen molar-refractivity contribution in [2.45, 2.75) is 6.61 Å². The fraction of sp³-hybridized carbons (Fsp3) is 0.111. The number of hydrogen-bond acceptors (Lipinski definition) is 3. The molecule has 1 aromatic heterocycles. The quantitative estimate of drug-likeness (QED) is 0.814. The third kappa shape index (κ3) is 1.49. The first-order valence-electron chi connectivity index (χ1n) is 4.06. The Balaban J connectivity index is 2.61. The van der Waals surface area contributed by atoms with Crippen molar-refractivity contribution >= 4 is 11.6 Å². The van der Waals surface area contributed by atoms with Gasteiger partial charge in [-0.05, 0) is 6.07 Å². The first-order chi connectivity index (χ1) is 6.83. The number of para-hydroxylation sites is 1. The molecule has 0 saturated carbocycles. The van der Waals surface area contributed by atoms with Crippen molar-refractivity contribution in [3.05, 3.63) is 41.4 Å². The molecule has 72 valence electrons. The van der Waals surface area contributed by atoms with Crippen LogP contribution in [0.2, 0.25) is 5.02 Å². The fourth-order valence-corrected chi connectivity index (χ4v) is 1.55. The molecule has 0 aliphatic carbocycles. The van der Waals surface area contributed by atoms with E-state index in [-0.39, 0.29) is 6.61 Å². The Hall–Kier alpha value is -1.39. The summed E-state index contributed by atoms with van der Waals surface area (Å²) in [5.41, 5.74) is 1.40. The van der Waals surface area contributed by atoms with Crippen LogP contribution >= 0.6 is 11.6 Å². The lowest BCUT2D eigenvalue weighted by atomic mass is 10.2. The molecular weight excluding hydrogens is 202 g/mol. The van der Waals surface area contributed by atoms with Crippen LogP contribution < -0.4 is 0 Å². The van der Waals surface area contributed by atoms with Gasteiger partial charge in [-0.25, -0.2) is 9.67 Å². The van der Waals surface area contributed by atoms with Gasteiger partial charge in [-0.1, -0.05) is 23.7 Å². The minimum atomic E-state index is -0.0737. The molecule has 0 saturated heterocycles. The Morgan fingerprint density at radius 1 is 1.43 bits per heavy atom. The average Bonchev–Trinajstić information content (AvgIpc) is 2.70. The summed E-state index contributed by atoms with van der Waals surface area (Å²) in [6.07, 6.45) is 2.96. The van der Waals surface area contributed by atoms with Crippen LogP contribution in [0.4, 0.5) is 0 Å². The molecule has 4 nitrogen and oxygen atoms in total.